The van der Waals surface area contributed by atoms with E-state index in [1.807, 2.05) is 37.3 Å². The molecule has 0 unspecified atom stereocenters. The lowest BCUT2D eigenvalue weighted by Gasteiger charge is -2.52. The van der Waals surface area contributed by atoms with Gasteiger partial charge in [-0.15, -0.1) is 0 Å². The summed E-state index contributed by atoms with van der Waals surface area (Å²) in [5.41, 5.74) is 0.248. The summed E-state index contributed by atoms with van der Waals surface area (Å²) in [5.74, 6) is 0.0528. The smallest absolute Gasteiger partial charge is 0.408 e. The van der Waals surface area contributed by atoms with Crippen molar-refractivity contribution in [3.8, 4) is 22.3 Å². The van der Waals surface area contributed by atoms with Crippen LogP contribution in [0, 0.1) is 11.7 Å². The molecule has 0 radical (unpaired) electrons. The lowest BCUT2D eigenvalue weighted by Crippen LogP contribution is -2.62. The number of alkyl carbamates (subject to hydrolysis) is 1. The van der Waals surface area contributed by atoms with Crippen molar-refractivity contribution >= 4 is 23.7 Å². The van der Waals surface area contributed by atoms with Gasteiger partial charge in [-0.3, -0.25) is 9.59 Å². The average molecular weight is 659 g/mol. The second-order valence-electron chi connectivity index (χ2n) is 14.6. The molecule has 0 saturated heterocycles. The number of aliphatic hydroxyl groups is 1. The Bertz CT molecular complexity index is 1640. The molecule has 0 spiro atoms. The molecule has 5 rings (SSSR count). The predicted molar refractivity (Wildman–Crippen MR) is 183 cm³/mol. The van der Waals surface area contributed by atoms with Crippen LogP contribution in [0.25, 0.3) is 22.3 Å². The number of ether oxygens (including phenoxy) is 1. The van der Waals surface area contributed by atoms with Crippen LogP contribution in [-0.4, -0.2) is 45.2 Å². The number of benzene rings is 2. The van der Waals surface area contributed by atoms with Gasteiger partial charge in [0.25, 0.3) is 0 Å². The van der Waals surface area contributed by atoms with E-state index in [2.05, 4.69) is 20.9 Å². The molecule has 2 saturated carbocycles. The van der Waals surface area contributed by atoms with Gasteiger partial charge in [0, 0.05) is 49.0 Å². The number of carbonyl (C=O) groups is 3. The van der Waals surface area contributed by atoms with Gasteiger partial charge in [-0.1, -0.05) is 49.4 Å². The van der Waals surface area contributed by atoms with E-state index in [0.717, 1.165) is 36.8 Å². The largest absolute Gasteiger partial charge is 0.444 e. The average Bonchev–Trinajstić information content (AvgIpc) is 3.00. The van der Waals surface area contributed by atoms with E-state index < -0.39 is 28.7 Å². The zero-order valence-electron chi connectivity index (χ0n) is 28.5. The van der Waals surface area contributed by atoms with Crippen molar-refractivity contribution in [1.82, 2.24) is 15.6 Å². The molecular formula is C38H47FN4O5. The normalized spacial score (nSPS) is 23.8. The predicted octanol–water partition coefficient (Wildman–Crippen LogP) is 7.23. The topological polar surface area (TPSA) is 130 Å². The van der Waals surface area contributed by atoms with Crippen LogP contribution in [0.1, 0.15) is 91.5 Å². The molecule has 2 aliphatic carbocycles. The fraction of sp³-hybridized carbons (Fsp3) is 0.474. The maximum absolute atomic E-state index is 16.0. The summed E-state index contributed by atoms with van der Waals surface area (Å²) in [7, 11) is 0. The summed E-state index contributed by atoms with van der Waals surface area (Å²) in [6.07, 6.45) is 5.54. The minimum atomic E-state index is -1.12. The molecular weight excluding hydrogens is 611 g/mol. The van der Waals surface area contributed by atoms with Crippen LogP contribution in [0.2, 0.25) is 0 Å². The molecule has 0 atom stereocenters. The monoisotopic (exact) mass is 658 g/mol. The highest BCUT2D eigenvalue weighted by atomic mass is 19.1. The van der Waals surface area contributed by atoms with Gasteiger partial charge in [0.2, 0.25) is 11.8 Å². The van der Waals surface area contributed by atoms with E-state index in [0.29, 0.717) is 29.8 Å². The summed E-state index contributed by atoms with van der Waals surface area (Å²) in [5, 5.41) is 19.4. The van der Waals surface area contributed by atoms with Crippen LogP contribution in [0.4, 0.5) is 15.0 Å². The Balaban J connectivity index is 1.35. The number of pyridine rings is 1. The first-order valence-corrected chi connectivity index (χ1v) is 16.8. The first-order valence-electron chi connectivity index (χ1n) is 16.8. The van der Waals surface area contributed by atoms with Gasteiger partial charge in [0.05, 0.1) is 11.1 Å². The Hall–Kier alpha value is -4.31. The molecule has 2 fully saturated rings. The molecule has 48 heavy (non-hydrogen) atoms. The molecule has 0 bridgehead atoms. The molecule has 4 N–H and O–H groups in total. The van der Waals surface area contributed by atoms with Gasteiger partial charge >= 0.3 is 6.09 Å². The van der Waals surface area contributed by atoms with Gasteiger partial charge < -0.3 is 25.8 Å². The van der Waals surface area contributed by atoms with E-state index in [1.54, 1.807) is 52.1 Å². The second kappa shape index (κ2) is 14.0. The molecule has 3 amide bonds. The fourth-order valence-corrected chi connectivity index (χ4v) is 7.07. The number of nitrogens with zero attached hydrogens (tertiary/aromatic N) is 1. The van der Waals surface area contributed by atoms with Crippen molar-refractivity contribution in [3.63, 3.8) is 0 Å². The highest BCUT2D eigenvalue weighted by Gasteiger charge is 2.54. The van der Waals surface area contributed by atoms with E-state index >= 15 is 4.39 Å². The van der Waals surface area contributed by atoms with E-state index in [4.69, 9.17) is 4.74 Å². The number of hydrogen-bond donors (Lipinski definition) is 4. The number of hydrogen-bond acceptors (Lipinski definition) is 6. The number of carbonyl (C=O) groups excluding carboxylic acids is 3. The quantitative estimate of drug-likeness (QED) is 0.192. The second-order valence-corrected chi connectivity index (χ2v) is 14.6. The van der Waals surface area contributed by atoms with Crippen LogP contribution < -0.4 is 16.0 Å². The van der Waals surface area contributed by atoms with Crippen LogP contribution in [0.15, 0.2) is 60.8 Å². The van der Waals surface area contributed by atoms with Gasteiger partial charge in [-0.05, 0) is 88.1 Å². The van der Waals surface area contributed by atoms with Crippen molar-refractivity contribution in [1.29, 1.82) is 0 Å². The molecule has 1 aromatic heterocycles. The van der Waals surface area contributed by atoms with Crippen LogP contribution in [0.3, 0.4) is 0 Å². The Morgan fingerprint density at radius 3 is 2.25 bits per heavy atom. The van der Waals surface area contributed by atoms with Gasteiger partial charge in [-0.25, -0.2) is 14.2 Å². The van der Waals surface area contributed by atoms with E-state index in [-0.39, 0.29) is 42.2 Å². The van der Waals surface area contributed by atoms with Crippen molar-refractivity contribution in [2.45, 2.75) is 109 Å². The highest BCUT2D eigenvalue weighted by molar-refractivity contribution is 5.92. The summed E-state index contributed by atoms with van der Waals surface area (Å²) in [6.45, 7) is 8.76. The van der Waals surface area contributed by atoms with Gasteiger partial charge in [-0.2, -0.15) is 0 Å². The SMILES string of the molecule is CCC(=O)NC1CCC(CC(=O)Nc2cc(-c3ccccc3)c(-c3ccc(C4(NC(=O)OC(C)(C)C)CC(C)(O)C4)c(F)c3)cn2)CC1. The molecule has 1 heterocycles. The number of aromatic nitrogens is 1. The van der Waals surface area contributed by atoms with Crippen molar-refractivity contribution in [3.05, 3.63) is 72.2 Å². The molecule has 10 heteroatoms. The van der Waals surface area contributed by atoms with Crippen molar-refractivity contribution in [2.24, 2.45) is 5.92 Å². The van der Waals surface area contributed by atoms with E-state index in [9.17, 15) is 19.5 Å². The molecule has 9 nitrogen and oxygen atoms in total. The van der Waals surface area contributed by atoms with Crippen molar-refractivity contribution < 1.29 is 28.6 Å². The molecule has 2 aliphatic rings. The van der Waals surface area contributed by atoms with Crippen LogP contribution >= 0.6 is 0 Å². The Kier molecular flexibility index (Phi) is 10.2. The fourth-order valence-electron chi connectivity index (χ4n) is 7.07. The molecule has 256 valence electrons. The number of rotatable bonds is 9. The minimum Gasteiger partial charge on any atom is -0.444 e. The van der Waals surface area contributed by atoms with Crippen LogP contribution in [0.5, 0.6) is 0 Å². The molecule has 2 aromatic carbocycles. The zero-order chi connectivity index (χ0) is 34.7. The standard InChI is InChI=1S/C38H47FN4O5/c1-6-33(44)41-27-15-12-24(13-16-27)18-34(45)42-32-20-28(25-10-8-7-9-11-25)29(21-40-32)26-14-17-30(31(39)19-26)38(22-37(5,47)23-38)43-35(46)48-36(2,3)4/h7-11,14,17,19-21,24,27,47H,6,12-13,15-16,18,22-23H2,1-5H3,(H,41,44)(H,43,46)(H,40,42,45). The summed E-state index contributed by atoms with van der Waals surface area (Å²) in [6, 6.07) is 16.5. The number of amides is 3. The molecule has 3 aromatic rings. The third-order valence-electron chi connectivity index (χ3n) is 9.16. The summed E-state index contributed by atoms with van der Waals surface area (Å²) in [4.78, 5) is 42.1. The lowest BCUT2D eigenvalue weighted by atomic mass is 9.62. The third-order valence-corrected chi connectivity index (χ3v) is 9.16. The molecule has 0 aliphatic heterocycles. The lowest BCUT2D eigenvalue weighted by molar-refractivity contribution is -0.122. The van der Waals surface area contributed by atoms with Crippen molar-refractivity contribution in [2.75, 3.05) is 5.32 Å². The maximum Gasteiger partial charge on any atom is 0.408 e. The zero-order valence-corrected chi connectivity index (χ0v) is 28.5. The number of anilines is 1. The Morgan fingerprint density at radius 1 is 0.958 bits per heavy atom. The third kappa shape index (κ3) is 8.58. The minimum absolute atomic E-state index is 0.0605. The Labute approximate surface area is 282 Å². The van der Waals surface area contributed by atoms with Gasteiger partial charge in [0.15, 0.2) is 0 Å². The number of nitrogens with one attached hydrogen (secondary N) is 3. The highest BCUT2D eigenvalue weighted by Crippen LogP contribution is 2.49. The van der Waals surface area contributed by atoms with E-state index in [1.165, 1.54) is 6.07 Å². The maximum atomic E-state index is 16.0. The van der Waals surface area contributed by atoms with Gasteiger partial charge in [0.1, 0.15) is 17.2 Å². The summed E-state index contributed by atoms with van der Waals surface area (Å²) >= 11 is 0. The Morgan fingerprint density at radius 2 is 1.65 bits per heavy atom. The first-order chi connectivity index (χ1) is 22.6. The summed E-state index contributed by atoms with van der Waals surface area (Å²) < 4.78 is 21.5. The van der Waals surface area contributed by atoms with Crippen LogP contribution in [-0.2, 0) is 19.9 Å². The first kappa shape index (κ1) is 35.0. The number of halogens is 1.